The number of hydrogen-bond acceptors (Lipinski definition) is 2. The summed E-state index contributed by atoms with van der Waals surface area (Å²) in [4.78, 5) is 13.8. The summed E-state index contributed by atoms with van der Waals surface area (Å²) >= 11 is 0. The summed E-state index contributed by atoms with van der Waals surface area (Å²) in [5.74, 6) is -0.201. The predicted molar refractivity (Wildman–Crippen MR) is 98.0 cm³/mol. The van der Waals surface area contributed by atoms with Crippen LogP contribution in [0.3, 0.4) is 0 Å². The van der Waals surface area contributed by atoms with E-state index in [2.05, 4.69) is 10.6 Å². The van der Waals surface area contributed by atoms with E-state index >= 15 is 0 Å². The first-order valence-electron chi connectivity index (χ1n) is 8.79. The van der Waals surface area contributed by atoms with Crippen LogP contribution < -0.4 is 15.5 Å². The molecule has 1 saturated heterocycles. The zero-order valence-corrected chi connectivity index (χ0v) is 14.7. The van der Waals surface area contributed by atoms with Crippen LogP contribution in [0.4, 0.5) is 19.3 Å². The Morgan fingerprint density at radius 2 is 1.96 bits per heavy atom. The van der Waals surface area contributed by atoms with Gasteiger partial charge in [0.2, 0.25) is 0 Å². The van der Waals surface area contributed by atoms with Crippen LogP contribution in [0.2, 0.25) is 0 Å². The molecule has 2 N–H and O–H groups in total. The number of piperidine rings is 1. The SMILES string of the molecule is CN(C(=O)N[C@@H]1C[C@H](Cc2ccc(F)cc2)CCN1)c1cccc(F)c1. The summed E-state index contributed by atoms with van der Waals surface area (Å²) < 4.78 is 26.4. The van der Waals surface area contributed by atoms with E-state index in [1.165, 1.54) is 29.2 Å². The topological polar surface area (TPSA) is 44.4 Å². The molecule has 2 atom stereocenters. The summed E-state index contributed by atoms with van der Waals surface area (Å²) in [6, 6.07) is 12.2. The van der Waals surface area contributed by atoms with Gasteiger partial charge in [-0.3, -0.25) is 10.2 Å². The second kappa shape index (κ2) is 8.27. The average molecular weight is 359 g/mol. The van der Waals surface area contributed by atoms with Crippen LogP contribution in [0.5, 0.6) is 0 Å². The smallest absolute Gasteiger partial charge is 0.322 e. The van der Waals surface area contributed by atoms with Crippen LogP contribution in [0, 0.1) is 17.6 Å². The summed E-state index contributed by atoms with van der Waals surface area (Å²) in [6.45, 7) is 0.806. The van der Waals surface area contributed by atoms with E-state index in [1.54, 1.807) is 19.2 Å². The van der Waals surface area contributed by atoms with Gasteiger partial charge in [-0.05, 0) is 67.6 Å². The fourth-order valence-electron chi connectivity index (χ4n) is 3.29. The van der Waals surface area contributed by atoms with Gasteiger partial charge in [0.05, 0.1) is 6.17 Å². The minimum Gasteiger partial charge on any atom is -0.322 e. The van der Waals surface area contributed by atoms with Crippen molar-refractivity contribution in [2.24, 2.45) is 5.92 Å². The molecule has 1 heterocycles. The van der Waals surface area contributed by atoms with Crippen LogP contribution in [0.1, 0.15) is 18.4 Å². The molecule has 6 heteroatoms. The van der Waals surface area contributed by atoms with Gasteiger partial charge in [-0.15, -0.1) is 0 Å². The Hall–Kier alpha value is -2.47. The van der Waals surface area contributed by atoms with Crippen molar-refractivity contribution >= 4 is 11.7 Å². The lowest BCUT2D eigenvalue weighted by Crippen LogP contribution is -2.53. The average Bonchev–Trinajstić information content (AvgIpc) is 2.63. The van der Waals surface area contributed by atoms with Gasteiger partial charge in [0, 0.05) is 12.7 Å². The molecule has 0 radical (unpaired) electrons. The largest absolute Gasteiger partial charge is 0.322 e. The highest BCUT2D eigenvalue weighted by atomic mass is 19.1. The fourth-order valence-corrected chi connectivity index (χ4v) is 3.29. The first-order chi connectivity index (χ1) is 12.5. The number of benzene rings is 2. The lowest BCUT2D eigenvalue weighted by atomic mass is 9.89. The molecule has 138 valence electrons. The standard InChI is InChI=1S/C20H23F2N3O/c1-25(18-4-2-3-17(22)13-18)20(26)24-19-12-15(9-10-23-19)11-14-5-7-16(21)8-6-14/h2-8,13,15,19,23H,9-12H2,1H3,(H,24,26)/t15-,19+/m0/s1. The van der Waals surface area contributed by atoms with E-state index in [0.29, 0.717) is 11.6 Å². The third-order valence-corrected chi connectivity index (χ3v) is 4.75. The highest BCUT2D eigenvalue weighted by Gasteiger charge is 2.24. The molecule has 2 aromatic rings. The minimum atomic E-state index is -0.377. The van der Waals surface area contributed by atoms with Crippen molar-refractivity contribution in [2.45, 2.75) is 25.4 Å². The molecular formula is C20H23F2N3O. The van der Waals surface area contributed by atoms with Crippen molar-refractivity contribution in [3.63, 3.8) is 0 Å². The number of halogens is 2. The zero-order chi connectivity index (χ0) is 18.5. The third kappa shape index (κ3) is 4.79. The molecule has 0 aromatic heterocycles. The molecule has 0 unspecified atom stereocenters. The number of carbonyl (C=O) groups is 1. The molecule has 0 aliphatic carbocycles. The Morgan fingerprint density at radius 1 is 1.19 bits per heavy atom. The summed E-state index contributed by atoms with van der Waals surface area (Å²) in [5, 5.41) is 6.25. The number of hydrogen-bond donors (Lipinski definition) is 2. The van der Waals surface area contributed by atoms with Crippen molar-refractivity contribution in [3.05, 3.63) is 65.7 Å². The minimum absolute atomic E-state index is 0.141. The van der Waals surface area contributed by atoms with E-state index in [4.69, 9.17) is 0 Å². The van der Waals surface area contributed by atoms with Gasteiger partial charge in [0.15, 0.2) is 0 Å². The van der Waals surface area contributed by atoms with Gasteiger partial charge in [0.25, 0.3) is 0 Å². The van der Waals surface area contributed by atoms with Crippen molar-refractivity contribution in [3.8, 4) is 0 Å². The van der Waals surface area contributed by atoms with Crippen molar-refractivity contribution in [1.29, 1.82) is 0 Å². The molecule has 26 heavy (non-hydrogen) atoms. The predicted octanol–water partition coefficient (Wildman–Crippen LogP) is 3.68. The molecule has 3 rings (SSSR count). The van der Waals surface area contributed by atoms with Gasteiger partial charge in [0.1, 0.15) is 11.6 Å². The number of carbonyl (C=O) groups excluding carboxylic acids is 1. The fraction of sp³-hybridized carbons (Fsp3) is 0.350. The quantitative estimate of drug-likeness (QED) is 0.875. The molecule has 1 fully saturated rings. The Morgan fingerprint density at radius 3 is 2.69 bits per heavy atom. The van der Waals surface area contributed by atoms with E-state index in [9.17, 15) is 13.6 Å². The maximum atomic E-state index is 13.3. The van der Waals surface area contributed by atoms with Crippen LogP contribution in [-0.4, -0.2) is 25.8 Å². The van der Waals surface area contributed by atoms with Gasteiger partial charge in [-0.25, -0.2) is 13.6 Å². The van der Waals surface area contributed by atoms with Crippen LogP contribution in [0.25, 0.3) is 0 Å². The maximum Gasteiger partial charge on any atom is 0.322 e. The Balaban J connectivity index is 1.55. The molecule has 0 spiro atoms. The summed E-state index contributed by atoms with van der Waals surface area (Å²) in [6.07, 6.45) is 2.51. The zero-order valence-electron chi connectivity index (χ0n) is 14.7. The van der Waals surface area contributed by atoms with Crippen molar-refractivity contribution in [2.75, 3.05) is 18.5 Å². The van der Waals surface area contributed by atoms with E-state index < -0.39 is 0 Å². The molecule has 0 bridgehead atoms. The number of amides is 2. The first kappa shape index (κ1) is 18.3. The van der Waals surface area contributed by atoms with Crippen LogP contribution in [-0.2, 0) is 6.42 Å². The second-order valence-electron chi connectivity index (χ2n) is 6.72. The molecule has 1 aliphatic rings. The van der Waals surface area contributed by atoms with Crippen LogP contribution >= 0.6 is 0 Å². The summed E-state index contributed by atoms with van der Waals surface area (Å²) in [7, 11) is 1.61. The highest BCUT2D eigenvalue weighted by molar-refractivity contribution is 5.91. The Bertz CT molecular complexity index is 751. The van der Waals surface area contributed by atoms with E-state index in [1.807, 2.05) is 12.1 Å². The lowest BCUT2D eigenvalue weighted by Gasteiger charge is -2.32. The molecule has 2 aromatic carbocycles. The second-order valence-corrected chi connectivity index (χ2v) is 6.72. The molecule has 4 nitrogen and oxygen atoms in total. The monoisotopic (exact) mass is 359 g/mol. The molecule has 2 amide bonds. The number of urea groups is 1. The van der Waals surface area contributed by atoms with Gasteiger partial charge in [-0.1, -0.05) is 18.2 Å². The highest BCUT2D eigenvalue weighted by Crippen LogP contribution is 2.21. The molecule has 1 aliphatic heterocycles. The summed E-state index contributed by atoms with van der Waals surface area (Å²) in [5.41, 5.74) is 1.60. The number of nitrogens with zero attached hydrogens (tertiary/aromatic N) is 1. The van der Waals surface area contributed by atoms with E-state index in [0.717, 1.165) is 31.4 Å². The first-order valence-corrected chi connectivity index (χ1v) is 8.79. The van der Waals surface area contributed by atoms with Gasteiger partial charge >= 0.3 is 6.03 Å². The van der Waals surface area contributed by atoms with Crippen LogP contribution in [0.15, 0.2) is 48.5 Å². The molecular weight excluding hydrogens is 336 g/mol. The molecule has 0 saturated carbocycles. The maximum absolute atomic E-state index is 13.3. The lowest BCUT2D eigenvalue weighted by molar-refractivity contribution is 0.226. The van der Waals surface area contributed by atoms with Crippen molar-refractivity contribution in [1.82, 2.24) is 10.6 Å². The van der Waals surface area contributed by atoms with Crippen molar-refractivity contribution < 1.29 is 13.6 Å². The van der Waals surface area contributed by atoms with E-state index in [-0.39, 0.29) is 23.8 Å². The Labute approximate surface area is 152 Å². The Kier molecular flexibility index (Phi) is 5.83. The number of nitrogens with one attached hydrogen (secondary N) is 2. The number of rotatable bonds is 4. The third-order valence-electron chi connectivity index (χ3n) is 4.75. The van der Waals surface area contributed by atoms with Gasteiger partial charge in [-0.2, -0.15) is 0 Å². The van der Waals surface area contributed by atoms with Gasteiger partial charge < -0.3 is 5.32 Å². The normalized spacial score (nSPS) is 19.8. The number of anilines is 1.